The van der Waals surface area contributed by atoms with Gasteiger partial charge in [0.1, 0.15) is 0 Å². The normalized spacial score (nSPS) is 19.8. The van der Waals surface area contributed by atoms with Gasteiger partial charge in [-0.15, -0.1) is 0 Å². The lowest BCUT2D eigenvalue weighted by Crippen LogP contribution is -2.27. The van der Waals surface area contributed by atoms with Gasteiger partial charge in [-0.25, -0.2) is 4.79 Å². The molecule has 0 radical (unpaired) electrons. The van der Waals surface area contributed by atoms with Crippen molar-refractivity contribution in [2.24, 2.45) is 5.41 Å². The van der Waals surface area contributed by atoms with E-state index in [-0.39, 0.29) is 5.97 Å². The van der Waals surface area contributed by atoms with Crippen LogP contribution in [0.5, 0.6) is 0 Å². The molecule has 1 fully saturated rings. The third kappa shape index (κ3) is 1.82. The zero-order valence-electron chi connectivity index (χ0n) is 10.8. The van der Waals surface area contributed by atoms with Crippen molar-refractivity contribution in [1.29, 1.82) is 0 Å². The van der Waals surface area contributed by atoms with Crippen LogP contribution in [-0.4, -0.2) is 33.2 Å². The Bertz CT molecular complexity index is 495. The molecule has 1 aromatic carbocycles. The molecule has 4 heteroatoms. The maximum absolute atomic E-state index is 11.6. The van der Waals surface area contributed by atoms with Crippen LogP contribution in [0.3, 0.4) is 0 Å². The number of anilines is 2. The molecular formula is C14H18N2O2. The lowest BCUT2D eigenvalue weighted by molar-refractivity contribution is 0.0601. The Hall–Kier alpha value is -1.71. The summed E-state index contributed by atoms with van der Waals surface area (Å²) in [7, 11) is 3.50. The quantitative estimate of drug-likeness (QED) is 0.771. The van der Waals surface area contributed by atoms with Crippen molar-refractivity contribution < 1.29 is 9.53 Å². The number of nitrogens with zero attached hydrogens (tertiary/aromatic N) is 1. The summed E-state index contributed by atoms with van der Waals surface area (Å²) in [4.78, 5) is 13.8. The summed E-state index contributed by atoms with van der Waals surface area (Å²) in [6.07, 6.45) is 2.59. The number of nitrogens with one attached hydrogen (secondary N) is 1. The first-order valence-electron chi connectivity index (χ1n) is 6.31. The summed E-state index contributed by atoms with van der Waals surface area (Å²) in [5.74, 6) is -0.281. The molecule has 0 aromatic heterocycles. The van der Waals surface area contributed by atoms with Gasteiger partial charge in [0.25, 0.3) is 0 Å². The van der Waals surface area contributed by atoms with Crippen molar-refractivity contribution in [3.63, 3.8) is 0 Å². The fourth-order valence-electron chi connectivity index (χ4n) is 2.68. The van der Waals surface area contributed by atoms with Crippen LogP contribution in [0, 0.1) is 5.41 Å². The Morgan fingerprint density at radius 3 is 2.89 bits per heavy atom. The summed E-state index contributed by atoms with van der Waals surface area (Å²) in [6, 6.07) is 5.70. The van der Waals surface area contributed by atoms with Crippen LogP contribution in [0.15, 0.2) is 18.2 Å². The number of rotatable bonds is 1. The summed E-state index contributed by atoms with van der Waals surface area (Å²) < 4.78 is 4.77. The predicted octanol–water partition coefficient (Wildman–Crippen LogP) is 2.12. The molecule has 1 aromatic rings. The Balaban J connectivity index is 1.95. The van der Waals surface area contributed by atoms with Crippen molar-refractivity contribution in [3.05, 3.63) is 23.8 Å². The summed E-state index contributed by atoms with van der Waals surface area (Å²) in [6.45, 7) is 2.08. The minimum absolute atomic E-state index is 0.281. The van der Waals surface area contributed by atoms with Gasteiger partial charge < -0.3 is 15.0 Å². The van der Waals surface area contributed by atoms with Gasteiger partial charge >= 0.3 is 5.97 Å². The average molecular weight is 246 g/mol. The summed E-state index contributed by atoms with van der Waals surface area (Å²) >= 11 is 0. The molecule has 4 nitrogen and oxygen atoms in total. The second-order valence-electron chi connectivity index (χ2n) is 5.43. The highest BCUT2D eigenvalue weighted by Crippen LogP contribution is 2.49. The zero-order valence-corrected chi connectivity index (χ0v) is 10.8. The smallest absolute Gasteiger partial charge is 0.337 e. The zero-order chi connectivity index (χ0) is 12.8. The predicted molar refractivity (Wildman–Crippen MR) is 71.2 cm³/mol. The Morgan fingerprint density at radius 1 is 1.44 bits per heavy atom. The average Bonchev–Trinajstić information content (AvgIpc) is 3.16. The molecule has 0 atom stereocenters. The van der Waals surface area contributed by atoms with Gasteiger partial charge in [0.2, 0.25) is 0 Å². The first-order chi connectivity index (χ1) is 8.63. The van der Waals surface area contributed by atoms with E-state index in [1.165, 1.54) is 20.0 Å². The van der Waals surface area contributed by atoms with Crippen LogP contribution >= 0.6 is 0 Å². The number of carbonyl (C=O) groups is 1. The molecule has 0 unspecified atom stereocenters. The summed E-state index contributed by atoms with van der Waals surface area (Å²) in [5.41, 5.74) is 3.24. The Kier molecular flexibility index (Phi) is 2.47. The third-order valence-corrected chi connectivity index (χ3v) is 4.01. The van der Waals surface area contributed by atoms with Gasteiger partial charge in [0.15, 0.2) is 0 Å². The fraction of sp³-hybridized carbons (Fsp3) is 0.500. The Labute approximate surface area is 107 Å². The van der Waals surface area contributed by atoms with Crippen LogP contribution in [-0.2, 0) is 4.74 Å². The molecule has 18 heavy (non-hydrogen) atoms. The second kappa shape index (κ2) is 3.90. The van der Waals surface area contributed by atoms with Crippen molar-refractivity contribution in [2.75, 3.05) is 37.5 Å². The molecule has 0 saturated heterocycles. The SMILES string of the molecule is COC(=O)c1ccc2c(c1)N(C)CC1(CC1)CN2. The van der Waals surface area contributed by atoms with Gasteiger partial charge in [-0.1, -0.05) is 0 Å². The molecule has 1 N–H and O–H groups in total. The van der Waals surface area contributed by atoms with E-state index in [1.54, 1.807) is 0 Å². The summed E-state index contributed by atoms with van der Waals surface area (Å²) in [5, 5.41) is 3.50. The second-order valence-corrected chi connectivity index (χ2v) is 5.43. The molecule has 0 bridgehead atoms. The number of methoxy groups -OCH3 is 1. The Morgan fingerprint density at radius 2 is 2.22 bits per heavy atom. The topological polar surface area (TPSA) is 41.6 Å². The van der Waals surface area contributed by atoms with Crippen molar-refractivity contribution in [1.82, 2.24) is 0 Å². The van der Waals surface area contributed by atoms with Crippen molar-refractivity contribution in [2.45, 2.75) is 12.8 Å². The highest BCUT2D eigenvalue weighted by Gasteiger charge is 2.44. The van der Waals surface area contributed by atoms with Gasteiger partial charge in [-0.3, -0.25) is 0 Å². The number of esters is 1. The first kappa shape index (κ1) is 11.4. The van der Waals surface area contributed by atoms with E-state index in [9.17, 15) is 4.79 Å². The molecule has 1 heterocycles. The van der Waals surface area contributed by atoms with E-state index < -0.39 is 0 Å². The number of carbonyl (C=O) groups excluding carboxylic acids is 1. The number of ether oxygens (including phenoxy) is 1. The third-order valence-electron chi connectivity index (χ3n) is 4.01. The molecule has 1 spiro atoms. The molecule has 2 aliphatic rings. The minimum Gasteiger partial charge on any atom is -0.465 e. The van der Waals surface area contributed by atoms with E-state index in [1.807, 2.05) is 18.2 Å². The van der Waals surface area contributed by atoms with Gasteiger partial charge in [-0.05, 0) is 31.0 Å². The van der Waals surface area contributed by atoms with E-state index in [4.69, 9.17) is 4.74 Å². The van der Waals surface area contributed by atoms with Crippen molar-refractivity contribution >= 4 is 17.3 Å². The van der Waals surface area contributed by atoms with Crippen LogP contribution < -0.4 is 10.2 Å². The molecule has 1 aliphatic carbocycles. The molecule has 3 rings (SSSR count). The van der Waals surface area contributed by atoms with Crippen LogP contribution in [0.2, 0.25) is 0 Å². The van der Waals surface area contributed by atoms with E-state index in [2.05, 4.69) is 17.3 Å². The van der Waals surface area contributed by atoms with E-state index in [0.717, 1.165) is 24.5 Å². The van der Waals surface area contributed by atoms with E-state index >= 15 is 0 Å². The number of hydrogen-bond acceptors (Lipinski definition) is 4. The minimum atomic E-state index is -0.281. The first-order valence-corrected chi connectivity index (χ1v) is 6.31. The maximum atomic E-state index is 11.6. The van der Waals surface area contributed by atoms with Gasteiger partial charge in [0, 0.05) is 25.6 Å². The number of benzene rings is 1. The monoisotopic (exact) mass is 246 g/mol. The molecular weight excluding hydrogens is 228 g/mol. The van der Waals surface area contributed by atoms with Gasteiger partial charge in [-0.2, -0.15) is 0 Å². The van der Waals surface area contributed by atoms with Crippen molar-refractivity contribution in [3.8, 4) is 0 Å². The molecule has 96 valence electrons. The molecule has 0 amide bonds. The lowest BCUT2D eigenvalue weighted by Gasteiger charge is -2.22. The van der Waals surface area contributed by atoms with Gasteiger partial charge in [0.05, 0.1) is 24.0 Å². The van der Waals surface area contributed by atoms with Crippen LogP contribution in [0.25, 0.3) is 0 Å². The largest absolute Gasteiger partial charge is 0.465 e. The van der Waals surface area contributed by atoms with Crippen LogP contribution in [0.1, 0.15) is 23.2 Å². The maximum Gasteiger partial charge on any atom is 0.337 e. The van der Waals surface area contributed by atoms with Crippen LogP contribution in [0.4, 0.5) is 11.4 Å². The standard InChI is InChI=1S/C14H18N2O2/c1-16-9-14(5-6-14)8-15-11-4-3-10(7-12(11)16)13(17)18-2/h3-4,7,15H,5-6,8-9H2,1-2H3. The fourth-order valence-corrected chi connectivity index (χ4v) is 2.68. The number of fused-ring (bicyclic) bond motifs is 1. The molecule has 1 saturated carbocycles. The number of hydrogen-bond donors (Lipinski definition) is 1. The highest BCUT2D eigenvalue weighted by molar-refractivity contribution is 5.92. The van der Waals surface area contributed by atoms with E-state index in [0.29, 0.717) is 11.0 Å². The highest BCUT2D eigenvalue weighted by atomic mass is 16.5. The lowest BCUT2D eigenvalue weighted by atomic mass is 10.1. The molecule has 1 aliphatic heterocycles.